The van der Waals surface area contributed by atoms with Gasteiger partial charge in [-0.05, 0) is 120 Å². The quantitative estimate of drug-likeness (QED) is 0.218. The van der Waals surface area contributed by atoms with Crippen LogP contribution in [0, 0.1) is 19.3 Å². The second kappa shape index (κ2) is 19.9. The van der Waals surface area contributed by atoms with Crippen molar-refractivity contribution in [3.05, 3.63) is 92.3 Å². The first-order valence-corrected chi connectivity index (χ1v) is 19.8. The van der Waals surface area contributed by atoms with Gasteiger partial charge in [0, 0.05) is 55.5 Å². The molecule has 10 nitrogen and oxygen atoms in total. The molecule has 0 aliphatic heterocycles. The van der Waals surface area contributed by atoms with Crippen LogP contribution < -0.4 is 20.4 Å². The van der Waals surface area contributed by atoms with E-state index in [0.29, 0.717) is 29.0 Å². The first kappa shape index (κ1) is 45.6. The van der Waals surface area contributed by atoms with E-state index in [1.54, 1.807) is 39.8 Å². The predicted molar refractivity (Wildman–Crippen MR) is 233 cm³/mol. The van der Waals surface area contributed by atoms with Crippen LogP contribution in [0.1, 0.15) is 86.8 Å². The molecular weight excluding hydrogens is 747 g/mol. The van der Waals surface area contributed by atoms with Crippen LogP contribution in [0.5, 0.6) is 0 Å². The molecule has 2 aromatic rings. The highest BCUT2D eigenvalue weighted by atomic mass is 35.5. The number of ketones is 2. The molecule has 2 N–H and O–H groups in total. The minimum Gasteiger partial charge on any atom is -0.372 e. The third-order valence-corrected chi connectivity index (χ3v) is 10.3. The van der Waals surface area contributed by atoms with E-state index in [4.69, 9.17) is 33.2 Å². The molecule has 0 radical (unpaired) electrons. The van der Waals surface area contributed by atoms with Gasteiger partial charge in [-0.15, -0.1) is 0 Å². The molecule has 2 aliphatic carbocycles. The van der Waals surface area contributed by atoms with E-state index < -0.39 is 11.2 Å². The summed E-state index contributed by atoms with van der Waals surface area (Å²) in [7, 11) is 0. The van der Waals surface area contributed by atoms with Crippen LogP contribution in [0.15, 0.2) is 91.1 Å². The summed E-state index contributed by atoms with van der Waals surface area (Å²) < 4.78 is 0. The fourth-order valence-electron chi connectivity index (χ4n) is 5.97. The van der Waals surface area contributed by atoms with Crippen LogP contribution in [-0.2, 0) is 19.2 Å². The van der Waals surface area contributed by atoms with Crippen LogP contribution in [0.2, 0.25) is 0 Å². The van der Waals surface area contributed by atoms with Crippen LogP contribution in [0.4, 0.5) is 22.7 Å². The molecule has 0 fully saturated rings. The lowest BCUT2D eigenvalue weighted by atomic mass is 9.94. The summed E-state index contributed by atoms with van der Waals surface area (Å²) in [6, 6.07) is 12.2. The number of hydrogen-bond acceptors (Lipinski definition) is 8. The number of aryl methyl sites for hydroxylation is 2. The molecular formula is C44H56Cl2N6O4. The molecule has 12 heteroatoms. The Morgan fingerprint density at radius 1 is 0.679 bits per heavy atom. The van der Waals surface area contributed by atoms with Gasteiger partial charge in [0.05, 0.1) is 44.3 Å². The molecule has 0 atom stereocenters. The molecule has 300 valence electrons. The van der Waals surface area contributed by atoms with Crippen molar-refractivity contribution in [1.29, 1.82) is 0 Å². The number of Topliss-reactive ketones (excluding diaryl/α,β-unsaturated/α-hetero) is 2. The third kappa shape index (κ3) is 11.2. The molecule has 0 aromatic heterocycles. The molecule has 0 bridgehead atoms. The Hall–Kier alpha value is -4.80. The molecule has 0 spiro atoms. The summed E-state index contributed by atoms with van der Waals surface area (Å²) >= 11 is 12.5. The Kier molecular flexibility index (Phi) is 16.2. The Morgan fingerprint density at radius 3 is 1.52 bits per heavy atom. The number of amides is 2. The fourth-order valence-corrected chi connectivity index (χ4v) is 6.50. The van der Waals surface area contributed by atoms with Gasteiger partial charge in [-0.25, -0.2) is 9.98 Å². The molecule has 56 heavy (non-hydrogen) atoms. The van der Waals surface area contributed by atoms with Gasteiger partial charge in [0.15, 0.2) is 0 Å². The highest BCUT2D eigenvalue weighted by molar-refractivity contribution is 6.50. The van der Waals surface area contributed by atoms with Gasteiger partial charge < -0.3 is 20.4 Å². The number of allylic oxidation sites excluding steroid dienone is 6. The summed E-state index contributed by atoms with van der Waals surface area (Å²) in [6.07, 6.45) is 3.78. The smallest absolute Gasteiger partial charge is 0.229 e. The second-order valence-electron chi connectivity index (χ2n) is 14.5. The number of nitrogens with zero attached hydrogens (tertiary/aromatic N) is 4. The fraction of sp³-hybridized carbons (Fsp3) is 0.409. The Bertz CT molecular complexity index is 2060. The van der Waals surface area contributed by atoms with Crippen molar-refractivity contribution in [2.75, 3.05) is 36.0 Å². The van der Waals surface area contributed by atoms with E-state index in [1.807, 2.05) is 45.0 Å². The minimum absolute atomic E-state index is 0.0767. The van der Waals surface area contributed by atoms with Crippen molar-refractivity contribution in [2.24, 2.45) is 15.4 Å². The summed E-state index contributed by atoms with van der Waals surface area (Å²) in [6.45, 7) is 26.7. The minimum atomic E-state index is -0.627. The van der Waals surface area contributed by atoms with Crippen LogP contribution in [-0.4, -0.2) is 61.0 Å². The number of carbonyl (C=O) groups excluding carboxylic acids is 4. The van der Waals surface area contributed by atoms with Crippen molar-refractivity contribution >= 4 is 80.8 Å². The molecule has 0 saturated heterocycles. The molecule has 4 rings (SSSR count). The van der Waals surface area contributed by atoms with Crippen molar-refractivity contribution in [1.82, 2.24) is 10.6 Å². The normalized spacial score (nSPS) is 16.0. The topological polar surface area (TPSA) is 124 Å². The number of anilines is 2. The molecule has 0 unspecified atom stereocenters. The zero-order chi connectivity index (χ0) is 42.1. The van der Waals surface area contributed by atoms with E-state index in [1.165, 1.54) is 6.92 Å². The maximum atomic E-state index is 12.5. The number of aliphatic imine (C=N–C) groups is 2. The Morgan fingerprint density at radius 2 is 1.11 bits per heavy atom. The van der Waals surface area contributed by atoms with Crippen LogP contribution in [0.25, 0.3) is 0 Å². The standard InChI is InChI=1S/C23H30ClN3O2.C21H26ClN3O2/c1-8-27(9-2)16-10-11-17(14(3)12-16)25-18-13-19(21(28)20(24)15(18)4)26-22(29)23(5,6)7;1-6-16-18(12-19(23-14(5)26)21(27)20(16)22)24-17-10-9-15(11-13(17)4)25(7-2)8-3/h10-13H,8-9H2,1-7H3,(H,26,29);9-12H,6-8H2,1-5H3,(H,23,26). The number of nitrogens with one attached hydrogen (secondary N) is 2. The van der Waals surface area contributed by atoms with Gasteiger partial charge in [0.2, 0.25) is 23.4 Å². The molecule has 2 amide bonds. The highest BCUT2D eigenvalue weighted by Gasteiger charge is 2.29. The van der Waals surface area contributed by atoms with Crippen LogP contribution in [0.3, 0.4) is 0 Å². The second-order valence-corrected chi connectivity index (χ2v) is 15.3. The average Bonchev–Trinajstić information content (AvgIpc) is 3.14. The van der Waals surface area contributed by atoms with Gasteiger partial charge in [-0.1, -0.05) is 50.9 Å². The Balaban J connectivity index is 0.000000301. The van der Waals surface area contributed by atoms with Gasteiger partial charge in [0.25, 0.3) is 0 Å². The average molecular weight is 804 g/mol. The van der Waals surface area contributed by atoms with E-state index >= 15 is 0 Å². The first-order chi connectivity index (χ1) is 26.3. The van der Waals surface area contributed by atoms with E-state index in [9.17, 15) is 19.2 Å². The maximum absolute atomic E-state index is 12.5. The zero-order valence-electron chi connectivity index (χ0n) is 34.8. The number of rotatable bonds is 11. The summed E-state index contributed by atoms with van der Waals surface area (Å²) in [5.41, 5.74) is 8.09. The zero-order valence-corrected chi connectivity index (χ0v) is 36.3. The molecule has 2 aromatic carbocycles. The van der Waals surface area contributed by atoms with Gasteiger partial charge in [0.1, 0.15) is 0 Å². The largest absolute Gasteiger partial charge is 0.372 e. The van der Waals surface area contributed by atoms with E-state index in [0.717, 1.165) is 60.1 Å². The number of benzene rings is 2. The van der Waals surface area contributed by atoms with E-state index in [-0.39, 0.29) is 39.1 Å². The SMILES string of the molecule is CCC1=C(Cl)C(=O)C(NC(C)=O)=CC1=Nc1ccc(N(CC)CC)cc1C.CCN(CC)c1ccc(N=C2C=C(NC(=O)C(C)(C)C)C(=O)C(Cl)=C2C)c(C)c1. The van der Waals surface area contributed by atoms with Crippen molar-refractivity contribution < 1.29 is 19.2 Å². The predicted octanol–water partition coefficient (Wildman–Crippen LogP) is 9.47. The van der Waals surface area contributed by atoms with Crippen molar-refractivity contribution in [2.45, 2.75) is 89.5 Å². The van der Waals surface area contributed by atoms with Crippen molar-refractivity contribution in [3.63, 3.8) is 0 Å². The molecule has 0 heterocycles. The lowest BCUT2D eigenvalue weighted by Crippen LogP contribution is -2.38. The van der Waals surface area contributed by atoms with Gasteiger partial charge in [-0.3, -0.25) is 19.2 Å². The summed E-state index contributed by atoms with van der Waals surface area (Å²) in [5, 5.41) is 5.43. The van der Waals surface area contributed by atoms with Crippen molar-refractivity contribution in [3.8, 4) is 0 Å². The van der Waals surface area contributed by atoms with E-state index in [2.05, 4.69) is 60.3 Å². The number of hydrogen-bond donors (Lipinski definition) is 2. The summed E-state index contributed by atoms with van der Waals surface area (Å²) in [5.74, 6) is -1.34. The summed E-state index contributed by atoms with van der Waals surface area (Å²) in [4.78, 5) is 62.6. The Labute approximate surface area is 342 Å². The molecule has 2 aliphatic rings. The third-order valence-electron chi connectivity index (χ3n) is 9.43. The van der Waals surface area contributed by atoms with Crippen LogP contribution >= 0.6 is 23.2 Å². The number of halogens is 2. The maximum Gasteiger partial charge on any atom is 0.229 e. The lowest BCUT2D eigenvalue weighted by molar-refractivity contribution is -0.128. The lowest BCUT2D eigenvalue weighted by Gasteiger charge is -2.22. The first-order valence-electron chi connectivity index (χ1n) is 19.1. The monoisotopic (exact) mass is 802 g/mol. The number of carbonyl (C=O) groups is 4. The highest BCUT2D eigenvalue weighted by Crippen LogP contribution is 2.31. The molecule has 0 saturated carbocycles. The van der Waals surface area contributed by atoms with Gasteiger partial charge >= 0.3 is 0 Å². The van der Waals surface area contributed by atoms with Gasteiger partial charge in [-0.2, -0.15) is 0 Å².